The summed E-state index contributed by atoms with van der Waals surface area (Å²) < 4.78 is 31.2. The average Bonchev–Trinajstić information content (AvgIpc) is 2.83. The lowest BCUT2D eigenvalue weighted by atomic mass is 10.1. The van der Waals surface area contributed by atoms with Crippen molar-refractivity contribution in [2.45, 2.75) is 33.2 Å². The fourth-order valence-corrected chi connectivity index (χ4v) is 2.51. The van der Waals surface area contributed by atoms with Gasteiger partial charge in [-0.25, -0.2) is 0 Å². The Morgan fingerprint density at radius 1 is 1.38 bits per heavy atom. The maximum absolute atomic E-state index is 12.1. The van der Waals surface area contributed by atoms with Gasteiger partial charge in [0.15, 0.2) is 5.82 Å². The third-order valence-electron chi connectivity index (χ3n) is 2.80. The third-order valence-corrected chi connectivity index (χ3v) is 4.64. The Labute approximate surface area is 125 Å². The second-order valence-corrected chi connectivity index (χ2v) is 7.40. The van der Waals surface area contributed by atoms with Crippen LogP contribution < -0.4 is 0 Å². The Hall–Kier alpha value is -1.50. The summed E-state index contributed by atoms with van der Waals surface area (Å²) in [6.07, 6.45) is 1.61. The molecule has 0 aliphatic rings. The van der Waals surface area contributed by atoms with Crippen LogP contribution in [0, 0.1) is 17.2 Å². The summed E-state index contributed by atoms with van der Waals surface area (Å²) >= 11 is 0. The highest BCUT2D eigenvalue weighted by atomic mass is 32.2. The zero-order valence-corrected chi connectivity index (χ0v) is 13.6. The van der Waals surface area contributed by atoms with E-state index in [1.807, 2.05) is 6.07 Å². The van der Waals surface area contributed by atoms with Crippen molar-refractivity contribution in [3.8, 4) is 6.07 Å². The molecule has 0 atom stereocenters. The van der Waals surface area contributed by atoms with Crippen LogP contribution in [0.5, 0.6) is 0 Å². The van der Waals surface area contributed by atoms with Gasteiger partial charge in [0.25, 0.3) is 10.2 Å². The summed E-state index contributed by atoms with van der Waals surface area (Å²) in [5, 5.41) is 12.6. The van der Waals surface area contributed by atoms with Crippen LogP contribution >= 0.6 is 0 Å². The van der Waals surface area contributed by atoms with E-state index < -0.39 is 10.2 Å². The SMILES string of the molecule is CC(C)CCc1noc(CN(CC#N)S(=O)(=O)N(C)C)n1. The van der Waals surface area contributed by atoms with Gasteiger partial charge >= 0.3 is 0 Å². The van der Waals surface area contributed by atoms with Gasteiger partial charge in [-0.05, 0) is 12.3 Å². The molecule has 0 fully saturated rings. The van der Waals surface area contributed by atoms with Gasteiger partial charge in [-0.3, -0.25) is 0 Å². The number of rotatable bonds is 8. The molecular formula is C12H21N5O3S. The molecule has 9 heteroatoms. The normalized spacial score (nSPS) is 12.3. The van der Waals surface area contributed by atoms with Crippen molar-refractivity contribution in [2.75, 3.05) is 20.6 Å². The third kappa shape index (κ3) is 5.08. The Balaban J connectivity index is 2.79. The molecule has 1 heterocycles. The molecular weight excluding hydrogens is 294 g/mol. The average molecular weight is 315 g/mol. The van der Waals surface area contributed by atoms with Crippen molar-refractivity contribution in [3.05, 3.63) is 11.7 Å². The van der Waals surface area contributed by atoms with Gasteiger partial charge in [0.2, 0.25) is 5.89 Å². The van der Waals surface area contributed by atoms with Crippen molar-refractivity contribution < 1.29 is 12.9 Å². The minimum atomic E-state index is -3.70. The van der Waals surface area contributed by atoms with Crippen molar-refractivity contribution in [2.24, 2.45) is 5.92 Å². The predicted octanol–water partition coefficient (Wildman–Crippen LogP) is 0.790. The first-order chi connectivity index (χ1) is 9.77. The van der Waals surface area contributed by atoms with E-state index in [0.29, 0.717) is 18.2 Å². The molecule has 0 unspecified atom stereocenters. The number of aromatic nitrogens is 2. The van der Waals surface area contributed by atoms with Crippen LogP contribution in [0.25, 0.3) is 0 Å². The van der Waals surface area contributed by atoms with Crippen molar-refractivity contribution in [3.63, 3.8) is 0 Å². The Morgan fingerprint density at radius 2 is 2.05 bits per heavy atom. The monoisotopic (exact) mass is 315 g/mol. The van der Waals surface area contributed by atoms with Gasteiger partial charge in [-0.1, -0.05) is 19.0 Å². The summed E-state index contributed by atoms with van der Waals surface area (Å²) in [6, 6.07) is 1.83. The highest BCUT2D eigenvalue weighted by Gasteiger charge is 2.26. The molecule has 8 nitrogen and oxygen atoms in total. The molecule has 0 aliphatic carbocycles. The van der Waals surface area contributed by atoms with Gasteiger partial charge in [-0.15, -0.1) is 0 Å². The van der Waals surface area contributed by atoms with Gasteiger partial charge in [-0.2, -0.15) is 27.3 Å². The lowest BCUT2D eigenvalue weighted by molar-refractivity contribution is 0.315. The first-order valence-corrected chi connectivity index (χ1v) is 8.03. The molecule has 1 rings (SSSR count). The second-order valence-electron chi connectivity index (χ2n) is 5.25. The molecule has 21 heavy (non-hydrogen) atoms. The molecule has 1 aromatic heterocycles. The Bertz CT molecular complexity index is 588. The molecule has 0 aromatic carbocycles. The minimum absolute atomic E-state index is 0.108. The van der Waals surface area contributed by atoms with E-state index >= 15 is 0 Å². The molecule has 0 aliphatic heterocycles. The molecule has 0 bridgehead atoms. The van der Waals surface area contributed by atoms with E-state index in [4.69, 9.17) is 9.78 Å². The zero-order valence-electron chi connectivity index (χ0n) is 12.8. The van der Waals surface area contributed by atoms with E-state index in [9.17, 15) is 8.42 Å². The molecule has 0 radical (unpaired) electrons. The lowest BCUT2D eigenvalue weighted by Gasteiger charge is -2.21. The predicted molar refractivity (Wildman–Crippen MR) is 76.1 cm³/mol. The summed E-state index contributed by atoms with van der Waals surface area (Å²) in [4.78, 5) is 4.17. The highest BCUT2D eigenvalue weighted by Crippen LogP contribution is 2.11. The largest absolute Gasteiger partial charge is 0.338 e. The maximum Gasteiger partial charge on any atom is 0.282 e. The molecule has 0 spiro atoms. The molecule has 0 saturated heterocycles. The zero-order chi connectivity index (χ0) is 16.0. The van der Waals surface area contributed by atoms with Crippen LogP contribution in [0.2, 0.25) is 0 Å². The quantitative estimate of drug-likeness (QED) is 0.657. The summed E-state index contributed by atoms with van der Waals surface area (Å²) in [5.74, 6) is 1.27. The van der Waals surface area contributed by atoms with Gasteiger partial charge in [0.05, 0.1) is 12.6 Å². The number of hydrogen-bond acceptors (Lipinski definition) is 6. The Morgan fingerprint density at radius 3 is 2.57 bits per heavy atom. The van der Waals surface area contributed by atoms with Gasteiger partial charge < -0.3 is 4.52 Å². The van der Waals surface area contributed by atoms with Gasteiger partial charge in [0.1, 0.15) is 6.54 Å². The van der Waals surface area contributed by atoms with Crippen molar-refractivity contribution in [1.82, 2.24) is 18.8 Å². The van der Waals surface area contributed by atoms with E-state index in [1.54, 1.807) is 0 Å². The van der Waals surface area contributed by atoms with Crippen molar-refractivity contribution >= 4 is 10.2 Å². The molecule has 0 N–H and O–H groups in total. The number of nitrogens with zero attached hydrogens (tertiary/aromatic N) is 5. The highest BCUT2D eigenvalue weighted by molar-refractivity contribution is 7.86. The minimum Gasteiger partial charge on any atom is -0.338 e. The van der Waals surface area contributed by atoms with Crippen LogP contribution in [0.15, 0.2) is 4.52 Å². The number of hydrogen-bond donors (Lipinski definition) is 0. The van der Waals surface area contributed by atoms with Gasteiger partial charge in [0, 0.05) is 20.5 Å². The standard InChI is InChI=1S/C12H21N5O3S/c1-10(2)5-6-11-14-12(20-15-11)9-17(8-7-13)21(18,19)16(3)4/h10H,5-6,8-9H2,1-4H3. The topological polar surface area (TPSA) is 103 Å². The van der Waals surface area contributed by atoms with Crippen LogP contribution in [0.4, 0.5) is 0 Å². The molecule has 0 amide bonds. The fourth-order valence-electron chi connectivity index (χ4n) is 1.55. The molecule has 0 saturated carbocycles. The summed E-state index contributed by atoms with van der Waals surface area (Å²) in [5.41, 5.74) is 0. The van der Waals surface area contributed by atoms with E-state index in [2.05, 4.69) is 24.0 Å². The van der Waals surface area contributed by atoms with E-state index in [-0.39, 0.29) is 19.0 Å². The summed E-state index contributed by atoms with van der Waals surface area (Å²) in [6.45, 7) is 3.81. The summed E-state index contributed by atoms with van der Waals surface area (Å²) in [7, 11) is -0.891. The first kappa shape index (κ1) is 17.6. The van der Waals surface area contributed by atoms with Crippen molar-refractivity contribution in [1.29, 1.82) is 5.26 Å². The van der Waals surface area contributed by atoms with E-state index in [1.165, 1.54) is 14.1 Å². The lowest BCUT2D eigenvalue weighted by Crippen LogP contribution is -2.39. The van der Waals surface area contributed by atoms with Crippen LogP contribution in [0.1, 0.15) is 32.0 Å². The Kier molecular flexibility index (Phi) is 6.26. The second kappa shape index (κ2) is 7.49. The number of aryl methyl sites for hydroxylation is 1. The maximum atomic E-state index is 12.1. The molecule has 118 valence electrons. The van der Waals surface area contributed by atoms with Crippen LogP contribution in [0.3, 0.4) is 0 Å². The molecule has 1 aromatic rings. The van der Waals surface area contributed by atoms with E-state index in [0.717, 1.165) is 15.0 Å². The van der Waals surface area contributed by atoms with Crippen LogP contribution in [-0.2, 0) is 23.2 Å². The number of nitriles is 1. The first-order valence-electron chi connectivity index (χ1n) is 6.63. The smallest absolute Gasteiger partial charge is 0.282 e. The van der Waals surface area contributed by atoms with Crippen LogP contribution in [-0.4, -0.2) is 47.8 Å². The fraction of sp³-hybridized carbons (Fsp3) is 0.750.